The van der Waals surface area contributed by atoms with Crippen LogP contribution in [0.2, 0.25) is 0 Å². The predicted molar refractivity (Wildman–Crippen MR) is 75.0 cm³/mol. The van der Waals surface area contributed by atoms with Crippen LogP contribution in [0.15, 0.2) is 9.98 Å². The maximum absolute atomic E-state index is 4.49. The highest BCUT2D eigenvalue weighted by molar-refractivity contribution is 5.81. The molecule has 0 saturated heterocycles. The Bertz CT molecular complexity index is 193. The first kappa shape index (κ1) is 15.3. The van der Waals surface area contributed by atoms with Gasteiger partial charge in [0.2, 0.25) is 0 Å². The summed E-state index contributed by atoms with van der Waals surface area (Å²) >= 11 is 0. The first-order valence-electron chi connectivity index (χ1n) is 6.70. The molecule has 0 spiro atoms. The van der Waals surface area contributed by atoms with E-state index in [4.69, 9.17) is 0 Å². The fourth-order valence-electron chi connectivity index (χ4n) is 1.34. The van der Waals surface area contributed by atoms with Crippen LogP contribution in [0, 0.1) is 0 Å². The van der Waals surface area contributed by atoms with Gasteiger partial charge in [-0.2, -0.15) is 0 Å². The lowest BCUT2D eigenvalue weighted by atomic mass is 10.2. The van der Waals surface area contributed by atoms with Gasteiger partial charge in [0.1, 0.15) is 0 Å². The Morgan fingerprint density at radius 3 is 1.38 bits per heavy atom. The molecule has 0 aliphatic carbocycles. The Morgan fingerprint density at radius 2 is 1.06 bits per heavy atom. The van der Waals surface area contributed by atoms with E-state index >= 15 is 0 Å². The molecule has 16 heavy (non-hydrogen) atoms. The van der Waals surface area contributed by atoms with Crippen LogP contribution in [0.1, 0.15) is 66.2 Å². The van der Waals surface area contributed by atoms with Crippen molar-refractivity contribution in [2.75, 3.05) is 13.1 Å². The third kappa shape index (κ3) is 9.88. The van der Waals surface area contributed by atoms with Gasteiger partial charge >= 0.3 is 0 Å². The number of hydrogen-bond donors (Lipinski definition) is 0. The topological polar surface area (TPSA) is 24.7 Å². The molecule has 0 aromatic heterocycles. The van der Waals surface area contributed by atoms with E-state index in [1.54, 1.807) is 0 Å². The second-order valence-electron chi connectivity index (χ2n) is 4.36. The van der Waals surface area contributed by atoms with Crippen LogP contribution in [-0.4, -0.2) is 24.5 Å². The summed E-state index contributed by atoms with van der Waals surface area (Å²) in [6.45, 7) is 10.6. The summed E-state index contributed by atoms with van der Waals surface area (Å²) in [5.74, 6) is 0. The van der Waals surface area contributed by atoms with Gasteiger partial charge in [0.05, 0.1) is 0 Å². The smallest absolute Gasteiger partial charge is 0.0388 e. The van der Waals surface area contributed by atoms with Gasteiger partial charge in [0.15, 0.2) is 0 Å². The number of hydrogen-bond acceptors (Lipinski definition) is 2. The predicted octanol–water partition coefficient (Wildman–Crippen LogP) is 4.29. The lowest BCUT2D eigenvalue weighted by molar-refractivity contribution is 0.653. The third-order valence-electron chi connectivity index (χ3n) is 2.85. The Morgan fingerprint density at radius 1 is 0.688 bits per heavy atom. The minimum absolute atomic E-state index is 1.01. The molecule has 2 nitrogen and oxygen atoms in total. The maximum Gasteiger partial charge on any atom is 0.0388 e. The Kier molecular flexibility index (Phi) is 10.4. The average molecular weight is 224 g/mol. The van der Waals surface area contributed by atoms with Gasteiger partial charge in [-0.05, 0) is 39.5 Å². The van der Waals surface area contributed by atoms with Gasteiger partial charge in [0.25, 0.3) is 0 Å². The molecule has 0 heterocycles. The van der Waals surface area contributed by atoms with Crippen LogP contribution in [0.3, 0.4) is 0 Å². The molecule has 0 aromatic carbocycles. The number of nitrogens with zero attached hydrogens (tertiary/aromatic N) is 2. The van der Waals surface area contributed by atoms with Crippen molar-refractivity contribution in [1.82, 2.24) is 0 Å². The lowest BCUT2D eigenvalue weighted by Crippen LogP contribution is -1.93. The van der Waals surface area contributed by atoms with Gasteiger partial charge in [-0.3, -0.25) is 9.98 Å². The number of aliphatic imine (C=N–C) groups is 2. The zero-order chi connectivity index (χ0) is 12.2. The van der Waals surface area contributed by atoms with Crippen LogP contribution in [-0.2, 0) is 0 Å². The fourth-order valence-corrected chi connectivity index (χ4v) is 1.34. The molecule has 0 fully saturated rings. The molecular weight excluding hydrogens is 196 g/mol. The van der Waals surface area contributed by atoms with E-state index in [1.807, 2.05) is 0 Å². The Balaban J connectivity index is 3.28. The molecule has 94 valence electrons. The van der Waals surface area contributed by atoms with E-state index in [0.29, 0.717) is 0 Å². The lowest BCUT2D eigenvalue weighted by Gasteiger charge is -1.99. The van der Waals surface area contributed by atoms with Gasteiger partial charge in [-0.25, -0.2) is 0 Å². The summed E-state index contributed by atoms with van der Waals surface area (Å²) in [4.78, 5) is 8.98. The highest BCUT2D eigenvalue weighted by atomic mass is 14.7. The monoisotopic (exact) mass is 224 g/mol. The van der Waals surface area contributed by atoms with Crippen LogP contribution in [0.4, 0.5) is 0 Å². The second-order valence-corrected chi connectivity index (χ2v) is 4.36. The van der Waals surface area contributed by atoms with Crippen LogP contribution in [0.25, 0.3) is 0 Å². The van der Waals surface area contributed by atoms with Crippen LogP contribution < -0.4 is 0 Å². The second kappa shape index (κ2) is 10.8. The minimum Gasteiger partial charge on any atom is -0.294 e. The summed E-state index contributed by atoms with van der Waals surface area (Å²) < 4.78 is 0. The SMILES string of the molecule is CC/C(C)=N\CCCCCC/N=C(\C)CC. The summed E-state index contributed by atoms with van der Waals surface area (Å²) in [5, 5.41) is 0. The van der Waals surface area contributed by atoms with Crippen molar-refractivity contribution >= 4 is 11.4 Å². The maximum atomic E-state index is 4.49. The van der Waals surface area contributed by atoms with E-state index in [2.05, 4.69) is 37.7 Å². The first-order valence-corrected chi connectivity index (χ1v) is 6.70. The molecule has 0 bridgehead atoms. The molecule has 0 atom stereocenters. The standard InChI is InChI=1S/C14H28N2/c1-5-13(3)15-11-9-7-8-10-12-16-14(4)6-2/h5-12H2,1-4H3/b15-13-,16-14+. The normalized spacial score (nSPS) is 13.2. The Hall–Kier alpha value is -0.660. The fraction of sp³-hybridized carbons (Fsp3) is 0.857. The first-order chi connectivity index (χ1) is 7.70. The molecule has 0 N–H and O–H groups in total. The highest BCUT2D eigenvalue weighted by Crippen LogP contribution is 2.01. The molecule has 2 heteroatoms. The molecule has 0 saturated carbocycles. The van der Waals surface area contributed by atoms with Crippen LogP contribution >= 0.6 is 0 Å². The van der Waals surface area contributed by atoms with Crippen LogP contribution in [0.5, 0.6) is 0 Å². The zero-order valence-electron chi connectivity index (χ0n) is 11.6. The number of rotatable bonds is 9. The van der Waals surface area contributed by atoms with Gasteiger partial charge in [0, 0.05) is 24.5 Å². The molecule has 0 aliphatic heterocycles. The van der Waals surface area contributed by atoms with E-state index in [-0.39, 0.29) is 0 Å². The molecule has 0 amide bonds. The summed E-state index contributed by atoms with van der Waals surface area (Å²) in [6.07, 6.45) is 7.22. The Labute approximate surface area is 101 Å². The van der Waals surface area contributed by atoms with Gasteiger partial charge in [-0.15, -0.1) is 0 Å². The van der Waals surface area contributed by atoms with Crippen molar-refractivity contribution in [3.63, 3.8) is 0 Å². The third-order valence-corrected chi connectivity index (χ3v) is 2.85. The van der Waals surface area contributed by atoms with Crippen molar-refractivity contribution in [3.8, 4) is 0 Å². The minimum atomic E-state index is 1.01. The highest BCUT2D eigenvalue weighted by Gasteiger charge is 1.90. The molecule has 0 unspecified atom stereocenters. The zero-order valence-corrected chi connectivity index (χ0v) is 11.6. The largest absolute Gasteiger partial charge is 0.294 e. The molecule has 0 aliphatic rings. The number of unbranched alkanes of at least 4 members (excludes halogenated alkanes) is 3. The van der Waals surface area contributed by atoms with Crippen molar-refractivity contribution in [2.24, 2.45) is 9.98 Å². The van der Waals surface area contributed by atoms with Crippen molar-refractivity contribution < 1.29 is 0 Å². The van der Waals surface area contributed by atoms with E-state index in [9.17, 15) is 0 Å². The van der Waals surface area contributed by atoms with Crippen molar-refractivity contribution in [2.45, 2.75) is 66.2 Å². The van der Waals surface area contributed by atoms with Crippen molar-refractivity contribution in [1.29, 1.82) is 0 Å². The summed E-state index contributed by atoms with van der Waals surface area (Å²) in [5.41, 5.74) is 2.56. The molecule has 0 radical (unpaired) electrons. The van der Waals surface area contributed by atoms with Gasteiger partial charge in [-0.1, -0.05) is 26.7 Å². The van der Waals surface area contributed by atoms with E-state index < -0.39 is 0 Å². The molecular formula is C14H28N2. The molecule has 0 rings (SSSR count). The quantitative estimate of drug-likeness (QED) is 0.412. The van der Waals surface area contributed by atoms with E-state index in [0.717, 1.165) is 25.9 Å². The van der Waals surface area contributed by atoms with Crippen molar-refractivity contribution in [3.05, 3.63) is 0 Å². The molecule has 0 aromatic rings. The van der Waals surface area contributed by atoms with Gasteiger partial charge < -0.3 is 0 Å². The van der Waals surface area contributed by atoms with E-state index in [1.165, 1.54) is 37.1 Å². The summed E-state index contributed by atoms with van der Waals surface area (Å²) in [6, 6.07) is 0. The summed E-state index contributed by atoms with van der Waals surface area (Å²) in [7, 11) is 0. The average Bonchev–Trinajstić information content (AvgIpc) is 2.31.